The van der Waals surface area contributed by atoms with Crippen LogP contribution in [0.4, 0.5) is 0 Å². The first-order valence-electron chi connectivity index (χ1n) is 10.2. The molecule has 21 heavy (non-hydrogen) atoms. The number of rotatable bonds is 0. The van der Waals surface area contributed by atoms with Crippen molar-refractivity contribution < 1.29 is 0 Å². The second-order valence-electron chi connectivity index (χ2n) is 11.7. The third-order valence-electron chi connectivity index (χ3n) is 13.0. The van der Waals surface area contributed by atoms with E-state index in [4.69, 9.17) is 0 Å². The lowest BCUT2D eigenvalue weighted by Gasteiger charge is -1.91. The average Bonchev–Trinajstić information content (AvgIpc) is 3.12. The SMILES string of the molecule is C1CC12C1(CC1)C21C2(C3(CC3)C23CC3)C12C1(CC1)C21CC1. The summed E-state index contributed by atoms with van der Waals surface area (Å²) in [6.07, 6.45) is 20.3. The third kappa shape index (κ3) is 0.383. The molecule has 0 unspecified atom stereocenters. The minimum atomic E-state index is 0.989. The van der Waals surface area contributed by atoms with E-state index in [2.05, 4.69) is 0 Å². The van der Waals surface area contributed by atoms with Crippen molar-refractivity contribution >= 4 is 0 Å². The molecule has 108 valence electrons. The smallest absolute Gasteiger partial charge is 0.00266 e. The van der Waals surface area contributed by atoms with Gasteiger partial charge in [-0.1, -0.05) is 0 Å². The largest absolute Gasteiger partial charge is 0.0459 e. The van der Waals surface area contributed by atoms with Crippen LogP contribution in [-0.2, 0) is 0 Å². The van der Waals surface area contributed by atoms with E-state index in [1.165, 1.54) is 0 Å². The van der Waals surface area contributed by atoms with Gasteiger partial charge in [0.2, 0.25) is 0 Å². The molecular weight excluding hydrogens is 252 g/mol. The van der Waals surface area contributed by atoms with Crippen LogP contribution < -0.4 is 0 Å². The zero-order valence-corrected chi connectivity index (χ0v) is 13.0. The van der Waals surface area contributed by atoms with Crippen molar-refractivity contribution in [3.8, 4) is 0 Å². The Hall–Kier alpha value is 0. The molecule has 10 saturated carbocycles. The lowest BCUT2D eigenvalue weighted by atomic mass is 10.1. The van der Waals surface area contributed by atoms with Gasteiger partial charge in [-0.15, -0.1) is 0 Å². The summed E-state index contributed by atoms with van der Waals surface area (Å²) >= 11 is 0. The Kier molecular flexibility index (Phi) is 0.737. The van der Waals surface area contributed by atoms with E-state index >= 15 is 0 Å². The molecule has 10 rings (SSSR count). The molecule has 0 atom stereocenters. The highest BCUT2D eigenvalue weighted by Gasteiger charge is 3.34. The van der Waals surface area contributed by atoms with Gasteiger partial charge in [0.15, 0.2) is 0 Å². The first kappa shape index (κ1) is 9.33. The minimum absolute atomic E-state index is 0.989. The highest BCUT2D eigenvalue weighted by Crippen LogP contribution is 3.38. The maximum absolute atomic E-state index is 1.69. The second kappa shape index (κ2) is 1.66. The van der Waals surface area contributed by atoms with Crippen molar-refractivity contribution in [1.82, 2.24) is 0 Å². The number of hydrogen-bond donors (Lipinski definition) is 0. The molecule has 0 aromatic rings. The Balaban J connectivity index is 1.39. The van der Waals surface area contributed by atoms with Crippen LogP contribution in [0.2, 0.25) is 0 Å². The molecule has 0 aromatic carbocycles. The van der Waals surface area contributed by atoms with Gasteiger partial charge in [0.25, 0.3) is 0 Å². The lowest BCUT2D eigenvalue weighted by Crippen LogP contribution is -1.89. The van der Waals surface area contributed by atoms with Gasteiger partial charge in [-0.05, 0) is 126 Å². The van der Waals surface area contributed by atoms with Crippen LogP contribution in [0.3, 0.4) is 0 Å². The van der Waals surface area contributed by atoms with Gasteiger partial charge in [0, 0.05) is 0 Å². The Morgan fingerprint density at radius 2 is 0.381 bits per heavy atom. The van der Waals surface area contributed by atoms with Gasteiger partial charge in [0.05, 0.1) is 0 Å². The molecule has 0 aromatic heterocycles. The highest BCUT2D eigenvalue weighted by molar-refractivity contribution is 5.80. The van der Waals surface area contributed by atoms with E-state index in [9.17, 15) is 0 Å². The molecule has 0 N–H and O–H groups in total. The average molecular weight is 276 g/mol. The molecule has 10 aliphatic rings. The summed E-state index contributed by atoms with van der Waals surface area (Å²) in [7, 11) is 0. The van der Waals surface area contributed by atoms with Crippen molar-refractivity contribution in [2.75, 3.05) is 0 Å². The molecule has 0 nitrogen and oxygen atoms in total. The molecule has 0 bridgehead atoms. The summed E-state index contributed by atoms with van der Waals surface area (Å²) in [5, 5.41) is 0. The van der Waals surface area contributed by atoms with Gasteiger partial charge in [-0.3, -0.25) is 0 Å². The summed E-state index contributed by atoms with van der Waals surface area (Å²) in [6, 6.07) is 0. The number of fused-ring (bicyclic) bond motifs is 12. The highest BCUT2D eigenvalue weighted by atomic mass is 15.4. The van der Waals surface area contributed by atoms with Crippen LogP contribution in [0, 0.1) is 48.7 Å². The lowest BCUT2D eigenvalue weighted by molar-refractivity contribution is 0.535. The maximum Gasteiger partial charge on any atom is -0.00266 e. The fraction of sp³-hybridized carbons (Fsp3) is 1.00. The van der Waals surface area contributed by atoms with Crippen LogP contribution in [0.15, 0.2) is 0 Å². The number of hydrogen-bond acceptors (Lipinski definition) is 0. The van der Waals surface area contributed by atoms with Gasteiger partial charge in [-0.25, -0.2) is 0 Å². The molecule has 10 fully saturated rings. The predicted molar refractivity (Wildman–Crippen MR) is 77.3 cm³/mol. The first-order valence-corrected chi connectivity index (χ1v) is 10.2. The standard InChI is InChI=1S/C21H24/c1-2-13(1)14(3-4-14)19(13)20(15(5-6-15)16(20)7-8-16)21(19)17(9-10-17)18(21)11-12-18/h1-12H2. The minimum Gasteiger partial charge on any atom is -0.0459 e. The van der Waals surface area contributed by atoms with Gasteiger partial charge < -0.3 is 0 Å². The zero-order chi connectivity index (χ0) is 13.0. The van der Waals surface area contributed by atoms with E-state index in [1.807, 2.05) is 0 Å². The van der Waals surface area contributed by atoms with Crippen LogP contribution >= 0.6 is 0 Å². The zero-order valence-electron chi connectivity index (χ0n) is 13.0. The maximum atomic E-state index is 1.69. The van der Waals surface area contributed by atoms with E-state index < -0.39 is 0 Å². The normalized spacial score (nSPS) is 54.9. The summed E-state index contributed by atoms with van der Waals surface area (Å²) in [5.74, 6) is 0. The molecule has 9 spiro atoms. The Morgan fingerprint density at radius 1 is 0.238 bits per heavy atom. The summed E-state index contributed by atoms with van der Waals surface area (Å²) in [4.78, 5) is 0. The van der Waals surface area contributed by atoms with E-state index in [1.54, 1.807) is 77.0 Å². The fourth-order valence-electron chi connectivity index (χ4n) is 13.3. The van der Waals surface area contributed by atoms with Gasteiger partial charge in [-0.2, -0.15) is 0 Å². The Labute approximate surface area is 126 Å². The van der Waals surface area contributed by atoms with Crippen molar-refractivity contribution in [2.45, 2.75) is 77.0 Å². The van der Waals surface area contributed by atoms with Gasteiger partial charge >= 0.3 is 0 Å². The van der Waals surface area contributed by atoms with Crippen LogP contribution in [0.1, 0.15) is 77.0 Å². The van der Waals surface area contributed by atoms with Crippen molar-refractivity contribution in [1.29, 1.82) is 0 Å². The quantitative estimate of drug-likeness (QED) is 0.602. The third-order valence-corrected chi connectivity index (χ3v) is 13.0. The molecule has 0 heterocycles. The van der Waals surface area contributed by atoms with Crippen molar-refractivity contribution in [3.05, 3.63) is 0 Å². The Morgan fingerprint density at radius 3 is 0.476 bits per heavy atom. The van der Waals surface area contributed by atoms with Crippen LogP contribution in [0.5, 0.6) is 0 Å². The first-order chi connectivity index (χ1) is 10.2. The van der Waals surface area contributed by atoms with E-state index in [-0.39, 0.29) is 0 Å². The van der Waals surface area contributed by atoms with Crippen molar-refractivity contribution in [3.63, 3.8) is 0 Å². The van der Waals surface area contributed by atoms with Gasteiger partial charge in [0.1, 0.15) is 0 Å². The molecule has 0 aliphatic heterocycles. The monoisotopic (exact) mass is 276 g/mol. The van der Waals surface area contributed by atoms with Crippen LogP contribution in [-0.4, -0.2) is 0 Å². The Bertz CT molecular complexity index is 585. The van der Waals surface area contributed by atoms with E-state index in [0.29, 0.717) is 0 Å². The summed E-state index contributed by atoms with van der Waals surface area (Å²) < 4.78 is 0. The van der Waals surface area contributed by atoms with E-state index in [0.717, 1.165) is 48.7 Å². The molecule has 0 radical (unpaired) electrons. The summed E-state index contributed by atoms with van der Waals surface area (Å²) in [6.45, 7) is 0. The molecular formula is C21H24. The second-order valence-corrected chi connectivity index (χ2v) is 11.7. The predicted octanol–water partition coefficient (Wildman–Crippen LogP) is 4.68. The molecule has 0 saturated heterocycles. The summed E-state index contributed by atoms with van der Waals surface area (Å²) in [5.41, 5.74) is 8.98. The van der Waals surface area contributed by atoms with Crippen LogP contribution in [0.25, 0.3) is 0 Å². The molecule has 10 aliphatic carbocycles. The topological polar surface area (TPSA) is 0 Å². The molecule has 0 heteroatoms. The fourth-order valence-corrected chi connectivity index (χ4v) is 13.3. The molecule has 0 amide bonds. The van der Waals surface area contributed by atoms with Crippen molar-refractivity contribution in [2.24, 2.45) is 48.7 Å².